The average Bonchev–Trinajstić information content (AvgIpc) is 2.49. The zero-order valence-corrected chi connectivity index (χ0v) is 12.7. The predicted molar refractivity (Wildman–Crippen MR) is 82.2 cm³/mol. The van der Waals surface area contributed by atoms with Gasteiger partial charge in [-0.05, 0) is 18.2 Å². The molecule has 2 aromatic carbocycles. The first-order chi connectivity index (χ1) is 9.98. The van der Waals surface area contributed by atoms with Crippen LogP contribution in [0.4, 0.5) is 8.78 Å². The standard InChI is InChI=1S/C18H21F2N/c1-4-21-17(14-11-8-12-15(19)16(14)20)18(2,3)13-9-6-5-7-10-13/h5-12,17,21H,4H2,1-3H3. The van der Waals surface area contributed by atoms with Gasteiger partial charge in [0.05, 0.1) is 0 Å². The zero-order chi connectivity index (χ0) is 15.5. The van der Waals surface area contributed by atoms with Gasteiger partial charge < -0.3 is 5.32 Å². The van der Waals surface area contributed by atoms with Crippen LogP contribution in [0.25, 0.3) is 0 Å². The summed E-state index contributed by atoms with van der Waals surface area (Å²) in [6.07, 6.45) is 0. The molecule has 112 valence electrons. The summed E-state index contributed by atoms with van der Waals surface area (Å²) in [6.45, 7) is 6.72. The Morgan fingerprint density at radius 2 is 1.67 bits per heavy atom. The second-order valence-corrected chi connectivity index (χ2v) is 5.72. The lowest BCUT2D eigenvalue weighted by molar-refractivity contribution is 0.339. The molecule has 0 aliphatic heterocycles. The molecular formula is C18H21F2N. The zero-order valence-electron chi connectivity index (χ0n) is 12.7. The average molecular weight is 289 g/mol. The summed E-state index contributed by atoms with van der Waals surface area (Å²) in [5.41, 5.74) is 1.08. The van der Waals surface area contributed by atoms with E-state index in [-0.39, 0.29) is 11.5 Å². The Labute approximate surface area is 125 Å². The minimum Gasteiger partial charge on any atom is -0.309 e. The molecule has 0 spiro atoms. The first-order valence-corrected chi connectivity index (χ1v) is 7.21. The van der Waals surface area contributed by atoms with E-state index >= 15 is 0 Å². The van der Waals surface area contributed by atoms with Gasteiger partial charge in [0.25, 0.3) is 0 Å². The first kappa shape index (κ1) is 15.6. The fourth-order valence-corrected chi connectivity index (χ4v) is 2.74. The molecule has 0 bridgehead atoms. The van der Waals surface area contributed by atoms with Gasteiger partial charge in [-0.3, -0.25) is 0 Å². The summed E-state index contributed by atoms with van der Waals surface area (Å²) in [7, 11) is 0. The molecule has 0 saturated carbocycles. The summed E-state index contributed by atoms with van der Waals surface area (Å²) in [6, 6.07) is 13.9. The van der Waals surface area contributed by atoms with E-state index in [1.807, 2.05) is 51.1 Å². The van der Waals surface area contributed by atoms with Crippen molar-refractivity contribution in [2.75, 3.05) is 6.54 Å². The third-order valence-electron chi connectivity index (χ3n) is 3.94. The highest BCUT2D eigenvalue weighted by atomic mass is 19.2. The van der Waals surface area contributed by atoms with Crippen molar-refractivity contribution < 1.29 is 8.78 Å². The molecule has 1 nitrogen and oxygen atoms in total. The van der Waals surface area contributed by atoms with Gasteiger partial charge in [0.1, 0.15) is 0 Å². The highest BCUT2D eigenvalue weighted by Gasteiger charge is 2.34. The minimum absolute atomic E-state index is 0.305. The summed E-state index contributed by atoms with van der Waals surface area (Å²) in [4.78, 5) is 0. The highest BCUT2D eigenvalue weighted by Crippen LogP contribution is 2.38. The Kier molecular flexibility index (Phi) is 4.73. The van der Waals surface area contributed by atoms with Crippen molar-refractivity contribution in [1.82, 2.24) is 5.32 Å². The molecule has 0 heterocycles. The molecule has 1 unspecified atom stereocenters. The summed E-state index contributed by atoms with van der Waals surface area (Å²) >= 11 is 0. The maximum Gasteiger partial charge on any atom is 0.163 e. The number of rotatable bonds is 5. The molecule has 1 atom stereocenters. The SMILES string of the molecule is CCNC(c1cccc(F)c1F)C(C)(C)c1ccccc1. The van der Waals surface area contributed by atoms with Crippen molar-refractivity contribution in [2.24, 2.45) is 0 Å². The topological polar surface area (TPSA) is 12.0 Å². The highest BCUT2D eigenvalue weighted by molar-refractivity contribution is 5.33. The molecule has 0 radical (unpaired) electrons. The Balaban J connectivity index is 2.50. The number of hydrogen-bond donors (Lipinski definition) is 1. The molecule has 0 aliphatic carbocycles. The predicted octanol–water partition coefficient (Wildman–Crippen LogP) is 4.59. The van der Waals surface area contributed by atoms with Crippen molar-refractivity contribution in [2.45, 2.75) is 32.2 Å². The van der Waals surface area contributed by atoms with Gasteiger partial charge in [-0.1, -0.05) is 63.2 Å². The van der Waals surface area contributed by atoms with E-state index in [0.717, 1.165) is 11.6 Å². The van der Waals surface area contributed by atoms with Gasteiger partial charge in [-0.15, -0.1) is 0 Å². The van der Waals surface area contributed by atoms with Gasteiger partial charge in [0.15, 0.2) is 11.6 Å². The van der Waals surface area contributed by atoms with E-state index < -0.39 is 11.6 Å². The Morgan fingerprint density at radius 3 is 2.29 bits per heavy atom. The van der Waals surface area contributed by atoms with Crippen LogP contribution in [0.1, 0.15) is 37.9 Å². The van der Waals surface area contributed by atoms with Crippen LogP contribution in [0.3, 0.4) is 0 Å². The molecule has 0 fully saturated rings. The summed E-state index contributed by atoms with van der Waals surface area (Å²) in [5.74, 6) is -1.58. The van der Waals surface area contributed by atoms with Crippen LogP contribution in [0.2, 0.25) is 0 Å². The third-order valence-corrected chi connectivity index (χ3v) is 3.94. The van der Waals surface area contributed by atoms with E-state index in [9.17, 15) is 8.78 Å². The molecule has 0 aliphatic rings. The molecule has 1 N–H and O–H groups in total. The van der Waals surface area contributed by atoms with Gasteiger partial charge in [0.2, 0.25) is 0 Å². The molecule has 2 aromatic rings. The molecule has 3 heteroatoms. The smallest absolute Gasteiger partial charge is 0.163 e. The summed E-state index contributed by atoms with van der Waals surface area (Å²) < 4.78 is 27.8. The van der Waals surface area contributed by atoms with E-state index in [2.05, 4.69) is 5.32 Å². The number of halogens is 2. The molecule has 2 rings (SSSR count). The van der Waals surface area contributed by atoms with E-state index in [1.165, 1.54) is 0 Å². The number of benzene rings is 2. The normalized spacial score (nSPS) is 13.2. The quantitative estimate of drug-likeness (QED) is 0.848. The number of nitrogens with one attached hydrogen (secondary N) is 1. The lowest BCUT2D eigenvalue weighted by Gasteiger charge is -2.36. The monoisotopic (exact) mass is 289 g/mol. The van der Waals surface area contributed by atoms with E-state index in [4.69, 9.17) is 0 Å². The second-order valence-electron chi connectivity index (χ2n) is 5.72. The van der Waals surface area contributed by atoms with Crippen molar-refractivity contribution in [1.29, 1.82) is 0 Å². The summed E-state index contributed by atoms with van der Waals surface area (Å²) in [5, 5.41) is 3.30. The number of likely N-dealkylation sites (N-methyl/N-ethyl adjacent to an activating group) is 1. The molecule has 21 heavy (non-hydrogen) atoms. The van der Waals surface area contributed by atoms with Crippen molar-refractivity contribution in [3.05, 3.63) is 71.3 Å². The van der Waals surface area contributed by atoms with E-state index in [0.29, 0.717) is 12.1 Å². The van der Waals surface area contributed by atoms with Crippen LogP contribution in [0.5, 0.6) is 0 Å². The van der Waals surface area contributed by atoms with Gasteiger partial charge >= 0.3 is 0 Å². The van der Waals surface area contributed by atoms with Crippen LogP contribution in [0, 0.1) is 11.6 Å². The van der Waals surface area contributed by atoms with Crippen LogP contribution in [-0.2, 0) is 5.41 Å². The maximum absolute atomic E-state index is 14.2. The first-order valence-electron chi connectivity index (χ1n) is 7.21. The second kappa shape index (κ2) is 6.35. The number of hydrogen-bond acceptors (Lipinski definition) is 1. The molecule has 0 aromatic heterocycles. The van der Waals surface area contributed by atoms with Crippen LogP contribution in [0.15, 0.2) is 48.5 Å². The van der Waals surface area contributed by atoms with Crippen LogP contribution >= 0.6 is 0 Å². The van der Waals surface area contributed by atoms with Crippen LogP contribution in [-0.4, -0.2) is 6.54 Å². The lowest BCUT2D eigenvalue weighted by Crippen LogP contribution is -2.38. The van der Waals surface area contributed by atoms with Crippen molar-refractivity contribution >= 4 is 0 Å². The largest absolute Gasteiger partial charge is 0.309 e. The minimum atomic E-state index is -0.806. The Morgan fingerprint density at radius 1 is 1.00 bits per heavy atom. The Bertz CT molecular complexity index is 593. The van der Waals surface area contributed by atoms with Gasteiger partial charge in [-0.25, -0.2) is 8.78 Å². The van der Waals surface area contributed by atoms with Crippen molar-refractivity contribution in [3.63, 3.8) is 0 Å². The maximum atomic E-state index is 14.2. The van der Waals surface area contributed by atoms with E-state index in [1.54, 1.807) is 12.1 Å². The van der Waals surface area contributed by atoms with Crippen molar-refractivity contribution in [3.8, 4) is 0 Å². The molecular weight excluding hydrogens is 268 g/mol. The van der Waals surface area contributed by atoms with Gasteiger partial charge in [0, 0.05) is 17.0 Å². The lowest BCUT2D eigenvalue weighted by atomic mass is 9.74. The Hall–Kier alpha value is -1.74. The molecule has 0 amide bonds. The third kappa shape index (κ3) is 3.13. The fraction of sp³-hybridized carbons (Fsp3) is 0.333. The fourth-order valence-electron chi connectivity index (χ4n) is 2.74. The molecule has 0 saturated heterocycles. The van der Waals surface area contributed by atoms with Gasteiger partial charge in [-0.2, -0.15) is 0 Å². The van der Waals surface area contributed by atoms with Crippen LogP contribution < -0.4 is 5.32 Å².